The first kappa shape index (κ1) is 43.7. The monoisotopic (exact) mass is 872 g/mol. The minimum Gasteiger partial charge on any atom is -0.395 e. The number of rotatable bonds is 10. The topological polar surface area (TPSA) is 18.5 Å². The van der Waals surface area contributed by atoms with Gasteiger partial charge in [0.05, 0.1) is 0 Å². The lowest BCUT2D eigenvalue weighted by Gasteiger charge is -2.49. The smallest absolute Gasteiger partial charge is 0.186 e. The summed E-state index contributed by atoms with van der Waals surface area (Å²) in [5, 5.41) is 0. The first-order valence-electron chi connectivity index (χ1n) is 18.8. The summed E-state index contributed by atoms with van der Waals surface area (Å²) in [6.45, 7) is 42.4. The summed E-state index contributed by atoms with van der Waals surface area (Å²) in [6.07, 6.45) is 0. The average Bonchev–Trinajstić information content (AvgIpc) is 2.93. The molecule has 0 aromatic heterocycles. The van der Waals surface area contributed by atoms with E-state index in [1.165, 1.54) is 0 Å². The SMILES string of the molecule is CC(C)[Si](C#CC1(O[Si](C)(C)C)c2ccc(Br)cc2C(C#C[Si](C(C)C)(C(C)C)C(C)C)(O[Si](C)(C)C)c2ccc(Br)cc21)(C(C)C)C(C)C. The molecule has 0 saturated heterocycles. The van der Waals surface area contributed by atoms with Gasteiger partial charge in [-0.25, -0.2) is 0 Å². The van der Waals surface area contributed by atoms with Gasteiger partial charge >= 0.3 is 0 Å². The Hall–Kier alpha value is -0.692. The van der Waals surface area contributed by atoms with E-state index in [1.54, 1.807) is 0 Å². The lowest BCUT2D eigenvalue weighted by Crippen LogP contribution is -2.52. The van der Waals surface area contributed by atoms with E-state index in [-0.39, 0.29) is 0 Å². The lowest BCUT2D eigenvalue weighted by atomic mass is 9.68. The molecule has 1 aliphatic rings. The van der Waals surface area contributed by atoms with Gasteiger partial charge < -0.3 is 8.85 Å². The molecular weight excluding hydrogens is 809 g/mol. The highest BCUT2D eigenvalue weighted by Crippen LogP contribution is 2.55. The molecule has 0 fully saturated rings. The quantitative estimate of drug-likeness (QED) is 0.175. The maximum atomic E-state index is 7.60. The van der Waals surface area contributed by atoms with E-state index in [4.69, 9.17) is 8.85 Å². The van der Waals surface area contributed by atoms with E-state index in [0.717, 1.165) is 31.2 Å². The van der Waals surface area contributed by atoms with Crippen molar-refractivity contribution in [2.75, 3.05) is 0 Å². The highest BCUT2D eigenvalue weighted by Gasteiger charge is 2.55. The van der Waals surface area contributed by atoms with Gasteiger partial charge in [-0.05, 0) is 96.8 Å². The van der Waals surface area contributed by atoms with E-state index < -0.39 is 44.0 Å². The van der Waals surface area contributed by atoms with Crippen molar-refractivity contribution in [2.24, 2.45) is 0 Å². The molecule has 0 saturated carbocycles. The van der Waals surface area contributed by atoms with Crippen LogP contribution in [0.2, 0.25) is 72.5 Å². The number of hydrogen-bond acceptors (Lipinski definition) is 2. The van der Waals surface area contributed by atoms with Gasteiger partial charge in [0.25, 0.3) is 0 Å². The Morgan fingerprint density at radius 2 is 0.720 bits per heavy atom. The van der Waals surface area contributed by atoms with Crippen LogP contribution < -0.4 is 0 Å². The second kappa shape index (κ2) is 15.6. The summed E-state index contributed by atoms with van der Waals surface area (Å²) in [6, 6.07) is 13.4. The fourth-order valence-electron chi connectivity index (χ4n) is 9.24. The zero-order valence-corrected chi connectivity index (χ0v) is 41.7. The van der Waals surface area contributed by atoms with Crippen LogP contribution in [0.4, 0.5) is 0 Å². The van der Waals surface area contributed by atoms with Crippen molar-refractivity contribution in [3.05, 3.63) is 67.6 Å². The molecule has 0 bridgehead atoms. The summed E-state index contributed by atoms with van der Waals surface area (Å²) < 4.78 is 17.2. The summed E-state index contributed by atoms with van der Waals surface area (Å²) in [4.78, 5) is 0. The van der Waals surface area contributed by atoms with Crippen LogP contribution in [0.3, 0.4) is 0 Å². The minimum atomic E-state index is -2.22. The Bertz CT molecular complexity index is 1490. The average molecular weight is 875 g/mol. The van der Waals surface area contributed by atoms with Crippen molar-refractivity contribution in [3.63, 3.8) is 0 Å². The van der Waals surface area contributed by atoms with Crippen molar-refractivity contribution >= 4 is 64.6 Å². The van der Waals surface area contributed by atoms with Gasteiger partial charge in [0.2, 0.25) is 0 Å². The molecule has 8 heteroatoms. The van der Waals surface area contributed by atoms with Crippen LogP contribution in [0.25, 0.3) is 0 Å². The second-order valence-corrected chi connectivity index (χ2v) is 40.3. The Balaban J connectivity index is 2.77. The van der Waals surface area contributed by atoms with Gasteiger partial charge in [0.15, 0.2) is 27.8 Å². The highest BCUT2D eigenvalue weighted by atomic mass is 79.9. The first-order chi connectivity index (χ1) is 22.7. The molecular formula is C42H66Br2O2Si4. The molecule has 0 spiro atoms. The molecule has 2 aromatic rings. The van der Waals surface area contributed by atoms with Crippen LogP contribution in [-0.2, 0) is 20.1 Å². The standard InChI is InChI=1S/C42H66Br2O2Si4/c1-29(2)49(30(3)4,31(5)6)25-23-41(45-47(13,14)15)37-21-19-36(44)28-40(37)42(46-48(16,17)18,38-22-20-35(43)27-39(38)41)24-26-50(32(7)8,33(9)10)34(11)12/h19-22,27-34H,1-18H3. The van der Waals surface area contributed by atoms with Crippen LogP contribution in [-0.4, -0.2) is 32.8 Å². The van der Waals surface area contributed by atoms with E-state index in [9.17, 15) is 0 Å². The molecule has 2 nitrogen and oxygen atoms in total. The van der Waals surface area contributed by atoms with Crippen molar-refractivity contribution < 1.29 is 8.85 Å². The summed E-state index contributed by atoms with van der Waals surface area (Å²) in [7, 11) is -8.74. The highest BCUT2D eigenvalue weighted by molar-refractivity contribution is 9.10. The van der Waals surface area contributed by atoms with Crippen LogP contribution in [0.15, 0.2) is 45.3 Å². The Morgan fingerprint density at radius 1 is 0.460 bits per heavy atom. The Labute approximate surface area is 328 Å². The largest absolute Gasteiger partial charge is 0.395 e. The van der Waals surface area contributed by atoms with Crippen LogP contribution in [0.1, 0.15) is 105 Å². The van der Waals surface area contributed by atoms with Gasteiger partial charge in [0, 0.05) is 31.2 Å². The third kappa shape index (κ3) is 8.19. The van der Waals surface area contributed by atoms with Gasteiger partial charge in [0.1, 0.15) is 16.1 Å². The van der Waals surface area contributed by atoms with Gasteiger partial charge in [-0.15, -0.1) is 11.1 Å². The predicted octanol–water partition coefficient (Wildman–Crippen LogP) is 14.2. The molecule has 0 aliphatic heterocycles. The van der Waals surface area contributed by atoms with E-state index >= 15 is 0 Å². The van der Waals surface area contributed by atoms with E-state index in [1.807, 2.05) is 0 Å². The van der Waals surface area contributed by atoms with Crippen LogP contribution >= 0.6 is 31.9 Å². The Morgan fingerprint density at radius 3 is 0.940 bits per heavy atom. The molecule has 50 heavy (non-hydrogen) atoms. The van der Waals surface area contributed by atoms with E-state index in [2.05, 4.69) is 214 Å². The number of fused-ring (bicyclic) bond motifs is 2. The predicted molar refractivity (Wildman–Crippen MR) is 236 cm³/mol. The number of hydrogen-bond donors (Lipinski definition) is 0. The fourth-order valence-corrected chi connectivity index (χ4v) is 22.9. The molecule has 276 valence electrons. The molecule has 3 rings (SSSR count). The minimum absolute atomic E-state index is 0.496. The summed E-state index contributed by atoms with van der Waals surface area (Å²) in [5.41, 5.74) is 13.6. The molecule has 2 atom stereocenters. The van der Waals surface area contributed by atoms with Crippen molar-refractivity contribution in [1.29, 1.82) is 0 Å². The first-order valence-corrected chi connectivity index (χ1v) is 31.7. The Kier molecular flexibility index (Phi) is 13.6. The third-order valence-electron chi connectivity index (χ3n) is 11.0. The number of benzene rings is 2. The molecule has 0 N–H and O–H groups in total. The van der Waals surface area contributed by atoms with Crippen LogP contribution in [0.5, 0.6) is 0 Å². The van der Waals surface area contributed by atoms with Crippen molar-refractivity contribution in [2.45, 2.75) is 167 Å². The van der Waals surface area contributed by atoms with Crippen LogP contribution in [0, 0.1) is 22.9 Å². The fraction of sp³-hybridized carbons (Fsp3) is 0.619. The maximum Gasteiger partial charge on any atom is 0.186 e. The summed E-state index contributed by atoms with van der Waals surface area (Å²) >= 11 is 7.82. The van der Waals surface area contributed by atoms with E-state index in [0.29, 0.717) is 33.2 Å². The van der Waals surface area contributed by atoms with Gasteiger partial charge in [-0.1, -0.05) is 139 Å². The molecule has 2 unspecified atom stereocenters. The maximum absolute atomic E-state index is 7.60. The number of halogens is 2. The lowest BCUT2D eigenvalue weighted by molar-refractivity contribution is 0.116. The molecule has 0 heterocycles. The summed E-state index contributed by atoms with van der Waals surface area (Å²) in [5.74, 6) is 8.14. The van der Waals surface area contributed by atoms with Gasteiger partial charge in [-0.3, -0.25) is 0 Å². The second-order valence-electron chi connectivity index (χ2n) is 18.5. The molecule has 1 aliphatic carbocycles. The van der Waals surface area contributed by atoms with Crippen molar-refractivity contribution in [1.82, 2.24) is 0 Å². The molecule has 0 radical (unpaired) electrons. The molecule has 0 amide bonds. The molecule has 2 aromatic carbocycles. The normalized spacial score (nSPS) is 19.9. The van der Waals surface area contributed by atoms with Crippen molar-refractivity contribution in [3.8, 4) is 22.9 Å². The third-order valence-corrected chi connectivity index (χ3v) is 26.4. The van der Waals surface area contributed by atoms with Gasteiger partial charge in [-0.2, -0.15) is 0 Å². The zero-order valence-electron chi connectivity index (χ0n) is 34.5. The zero-order chi connectivity index (χ0) is 38.4.